The highest BCUT2D eigenvalue weighted by Crippen LogP contribution is 2.42. The van der Waals surface area contributed by atoms with Crippen LogP contribution in [-0.2, 0) is 16.1 Å². The fourth-order valence-corrected chi connectivity index (χ4v) is 4.25. The van der Waals surface area contributed by atoms with Gasteiger partial charge >= 0.3 is 0 Å². The highest BCUT2D eigenvalue weighted by molar-refractivity contribution is 6.46. The number of hydrogen-bond acceptors (Lipinski definition) is 5. The van der Waals surface area contributed by atoms with Gasteiger partial charge in [0.15, 0.2) is 0 Å². The maximum absolute atomic E-state index is 13.2. The molecule has 1 aromatic heterocycles. The van der Waals surface area contributed by atoms with E-state index in [1.807, 2.05) is 13.0 Å². The van der Waals surface area contributed by atoms with E-state index in [1.54, 1.807) is 62.0 Å². The molecule has 0 aliphatic carbocycles. The summed E-state index contributed by atoms with van der Waals surface area (Å²) >= 11 is 12.3. The Morgan fingerprint density at radius 2 is 1.91 bits per heavy atom. The first-order valence-electron chi connectivity index (χ1n) is 10.1. The number of methoxy groups -OCH3 is 1. The normalized spacial score (nSPS) is 17.5. The molecule has 4 rings (SSSR count). The van der Waals surface area contributed by atoms with E-state index in [1.165, 1.54) is 4.90 Å². The van der Waals surface area contributed by atoms with Gasteiger partial charge in [-0.3, -0.25) is 14.6 Å². The van der Waals surface area contributed by atoms with Crippen LogP contribution in [0.2, 0.25) is 10.0 Å². The molecule has 0 bridgehead atoms. The largest absolute Gasteiger partial charge is 0.507 e. The molecule has 1 aliphatic heterocycles. The Kier molecular flexibility index (Phi) is 6.40. The lowest BCUT2D eigenvalue weighted by atomic mass is 9.94. The number of carbonyl (C=O) groups is 2. The summed E-state index contributed by atoms with van der Waals surface area (Å²) in [5.41, 5.74) is 2.45. The highest BCUT2D eigenvalue weighted by Gasteiger charge is 2.46. The lowest BCUT2D eigenvalue weighted by molar-refractivity contribution is -0.140. The number of aliphatic hydroxyl groups excluding tert-OH is 1. The molecule has 3 aromatic rings. The number of pyridine rings is 1. The minimum Gasteiger partial charge on any atom is -0.507 e. The Morgan fingerprint density at radius 3 is 2.55 bits per heavy atom. The first-order valence-corrected chi connectivity index (χ1v) is 10.8. The summed E-state index contributed by atoms with van der Waals surface area (Å²) in [4.78, 5) is 31.7. The average Bonchev–Trinajstić information content (AvgIpc) is 3.06. The monoisotopic (exact) mass is 482 g/mol. The van der Waals surface area contributed by atoms with Crippen LogP contribution in [0.1, 0.15) is 28.3 Å². The van der Waals surface area contributed by atoms with Gasteiger partial charge in [0.05, 0.1) is 28.8 Å². The van der Waals surface area contributed by atoms with Gasteiger partial charge in [-0.15, -0.1) is 0 Å². The van der Waals surface area contributed by atoms with E-state index in [9.17, 15) is 14.7 Å². The molecule has 2 heterocycles. The Hall–Kier alpha value is -3.35. The number of likely N-dealkylation sites (tertiary alicyclic amines) is 1. The fourth-order valence-electron chi connectivity index (χ4n) is 3.94. The summed E-state index contributed by atoms with van der Waals surface area (Å²) in [6, 6.07) is 12.6. The van der Waals surface area contributed by atoms with Crippen LogP contribution in [0.5, 0.6) is 5.75 Å². The van der Waals surface area contributed by atoms with Crippen molar-refractivity contribution in [3.05, 3.63) is 98.8 Å². The van der Waals surface area contributed by atoms with Crippen LogP contribution in [0.15, 0.2) is 66.5 Å². The number of aryl methyl sites for hydroxylation is 1. The van der Waals surface area contributed by atoms with Crippen LogP contribution in [0, 0.1) is 6.92 Å². The molecule has 1 atom stereocenters. The molecule has 1 unspecified atom stereocenters. The number of rotatable bonds is 5. The maximum Gasteiger partial charge on any atom is 0.295 e. The van der Waals surface area contributed by atoms with Gasteiger partial charge in [-0.2, -0.15) is 0 Å². The van der Waals surface area contributed by atoms with Gasteiger partial charge < -0.3 is 14.7 Å². The number of aromatic nitrogens is 1. The van der Waals surface area contributed by atoms with E-state index >= 15 is 0 Å². The van der Waals surface area contributed by atoms with E-state index in [-0.39, 0.29) is 22.9 Å². The molecule has 1 aliphatic rings. The fraction of sp³-hybridized carbons (Fsp3) is 0.160. The standard InChI is InChI=1S/C25H20Cl2N2O4/c1-14-10-17(6-8-20(14)33-2)23(30)21-22(16-5-7-18(26)19(27)11-16)29(25(32)24(21)31)13-15-4-3-9-28-12-15/h3-12,22,30H,13H2,1-2H3/b23-21-. The molecule has 1 N–H and O–H groups in total. The van der Waals surface area contributed by atoms with Crippen LogP contribution in [0.3, 0.4) is 0 Å². The van der Waals surface area contributed by atoms with Gasteiger partial charge in [0.25, 0.3) is 11.7 Å². The second kappa shape index (κ2) is 9.25. The van der Waals surface area contributed by atoms with Gasteiger partial charge in [-0.1, -0.05) is 35.3 Å². The average molecular weight is 483 g/mol. The molecule has 0 spiro atoms. The van der Waals surface area contributed by atoms with Crippen LogP contribution in [0.25, 0.3) is 5.76 Å². The Balaban J connectivity index is 1.88. The van der Waals surface area contributed by atoms with Crippen molar-refractivity contribution in [1.29, 1.82) is 0 Å². The van der Waals surface area contributed by atoms with Crippen molar-refractivity contribution in [3.63, 3.8) is 0 Å². The van der Waals surface area contributed by atoms with Crippen LogP contribution in [0.4, 0.5) is 0 Å². The summed E-state index contributed by atoms with van der Waals surface area (Å²) in [6.45, 7) is 1.95. The van der Waals surface area contributed by atoms with E-state index < -0.39 is 17.7 Å². The number of nitrogens with zero attached hydrogens (tertiary/aromatic N) is 2. The lowest BCUT2D eigenvalue weighted by Crippen LogP contribution is -2.29. The molecule has 1 amide bonds. The first kappa shape index (κ1) is 22.8. The number of ketones is 1. The quantitative estimate of drug-likeness (QED) is 0.302. The predicted octanol–water partition coefficient (Wildman–Crippen LogP) is 5.33. The van der Waals surface area contributed by atoms with Crippen molar-refractivity contribution >= 4 is 40.7 Å². The minimum atomic E-state index is -0.859. The number of halogens is 2. The summed E-state index contributed by atoms with van der Waals surface area (Å²) in [6.07, 6.45) is 3.25. The zero-order valence-electron chi connectivity index (χ0n) is 17.9. The van der Waals surface area contributed by atoms with Gasteiger partial charge in [0.1, 0.15) is 11.5 Å². The molecule has 33 heavy (non-hydrogen) atoms. The molecular formula is C25H20Cl2N2O4. The zero-order valence-corrected chi connectivity index (χ0v) is 19.4. The minimum absolute atomic E-state index is 0.0214. The van der Waals surface area contributed by atoms with Gasteiger partial charge in [-0.05, 0) is 60.0 Å². The number of benzene rings is 2. The molecule has 6 nitrogen and oxygen atoms in total. The predicted molar refractivity (Wildman–Crippen MR) is 126 cm³/mol. The second-order valence-electron chi connectivity index (χ2n) is 7.65. The molecule has 2 aromatic carbocycles. The lowest BCUT2D eigenvalue weighted by Gasteiger charge is -2.25. The first-order chi connectivity index (χ1) is 15.8. The second-order valence-corrected chi connectivity index (χ2v) is 8.46. The van der Waals surface area contributed by atoms with Gasteiger partial charge in [-0.25, -0.2) is 0 Å². The molecule has 168 valence electrons. The molecule has 0 radical (unpaired) electrons. The van der Waals surface area contributed by atoms with Crippen molar-refractivity contribution in [3.8, 4) is 5.75 Å². The van der Waals surface area contributed by atoms with Crippen molar-refractivity contribution in [2.75, 3.05) is 7.11 Å². The van der Waals surface area contributed by atoms with E-state index in [2.05, 4.69) is 4.98 Å². The number of amides is 1. The number of ether oxygens (including phenoxy) is 1. The van der Waals surface area contributed by atoms with Crippen molar-refractivity contribution in [1.82, 2.24) is 9.88 Å². The third-order valence-electron chi connectivity index (χ3n) is 5.54. The van der Waals surface area contributed by atoms with Crippen LogP contribution >= 0.6 is 23.2 Å². The topological polar surface area (TPSA) is 79.7 Å². The zero-order chi connectivity index (χ0) is 23.7. The molecule has 8 heteroatoms. The highest BCUT2D eigenvalue weighted by atomic mass is 35.5. The third kappa shape index (κ3) is 4.32. The summed E-state index contributed by atoms with van der Waals surface area (Å²) < 4.78 is 5.28. The number of carbonyl (C=O) groups excluding carboxylic acids is 2. The number of aliphatic hydroxyl groups is 1. The summed E-state index contributed by atoms with van der Waals surface area (Å²) in [5.74, 6) is -1.13. The number of hydrogen-bond donors (Lipinski definition) is 1. The molecular weight excluding hydrogens is 463 g/mol. The van der Waals surface area contributed by atoms with Crippen molar-refractivity contribution in [2.45, 2.75) is 19.5 Å². The third-order valence-corrected chi connectivity index (χ3v) is 6.28. The van der Waals surface area contributed by atoms with Crippen LogP contribution < -0.4 is 4.74 Å². The van der Waals surface area contributed by atoms with E-state index in [4.69, 9.17) is 27.9 Å². The van der Waals surface area contributed by atoms with Crippen molar-refractivity contribution < 1.29 is 19.4 Å². The summed E-state index contributed by atoms with van der Waals surface area (Å²) in [5, 5.41) is 11.8. The van der Waals surface area contributed by atoms with Gasteiger partial charge in [0.2, 0.25) is 0 Å². The van der Waals surface area contributed by atoms with Crippen LogP contribution in [-0.4, -0.2) is 33.8 Å². The van der Waals surface area contributed by atoms with E-state index in [0.717, 1.165) is 11.1 Å². The van der Waals surface area contributed by atoms with Gasteiger partial charge in [0, 0.05) is 24.5 Å². The SMILES string of the molecule is COc1ccc(/C(O)=C2/C(=O)C(=O)N(Cc3cccnc3)C2c2ccc(Cl)c(Cl)c2)cc1C. The smallest absolute Gasteiger partial charge is 0.295 e. The Morgan fingerprint density at radius 1 is 1.12 bits per heavy atom. The summed E-state index contributed by atoms with van der Waals surface area (Å²) in [7, 11) is 1.55. The molecule has 1 fully saturated rings. The molecule has 0 saturated carbocycles. The number of Topliss-reactive ketones (excluding diaryl/α,β-unsaturated/α-hetero) is 1. The Bertz CT molecular complexity index is 1270. The van der Waals surface area contributed by atoms with E-state index in [0.29, 0.717) is 21.9 Å². The van der Waals surface area contributed by atoms with Crippen molar-refractivity contribution in [2.24, 2.45) is 0 Å². The maximum atomic E-state index is 13.2. The Labute approximate surface area is 201 Å². The molecule has 1 saturated heterocycles.